The summed E-state index contributed by atoms with van der Waals surface area (Å²) in [5.41, 5.74) is 3.06. The van der Waals surface area contributed by atoms with Crippen molar-refractivity contribution in [3.05, 3.63) is 76.2 Å². The summed E-state index contributed by atoms with van der Waals surface area (Å²) >= 11 is 0. The molecule has 2 unspecified atom stereocenters. The molecule has 2 aromatic carbocycles. The first-order valence-electron chi connectivity index (χ1n) is 18.9. The molecule has 2 heterocycles. The third-order valence-corrected chi connectivity index (χ3v) is 9.78. The van der Waals surface area contributed by atoms with Gasteiger partial charge in [0.15, 0.2) is 0 Å². The van der Waals surface area contributed by atoms with E-state index in [-0.39, 0.29) is 17.9 Å². The second kappa shape index (κ2) is 18.1. The minimum atomic E-state index is -0.923. The number of pyridine rings is 1. The third kappa shape index (κ3) is 11.7. The lowest BCUT2D eigenvalue weighted by Gasteiger charge is -2.28. The lowest BCUT2D eigenvalue weighted by Crippen LogP contribution is -2.53. The van der Waals surface area contributed by atoms with E-state index in [1.54, 1.807) is 32.9 Å². The average Bonchev–Trinajstić information content (AvgIpc) is 3.52. The number of unbranched alkanes of at least 4 members (excludes halogenated alkanes) is 1. The number of carbonyl (C=O) groups excluding carboxylic acids is 4. The van der Waals surface area contributed by atoms with Crippen molar-refractivity contribution < 1.29 is 23.9 Å². The predicted octanol–water partition coefficient (Wildman–Crippen LogP) is 6.52. The highest BCUT2D eigenvalue weighted by Gasteiger charge is 2.30. The lowest BCUT2D eigenvalue weighted by molar-refractivity contribution is -0.131. The van der Waals surface area contributed by atoms with Crippen LogP contribution in [-0.2, 0) is 25.5 Å². The first-order valence-corrected chi connectivity index (χ1v) is 18.9. The van der Waals surface area contributed by atoms with E-state index >= 15 is 0 Å². The van der Waals surface area contributed by atoms with Crippen molar-refractivity contribution in [1.29, 1.82) is 0 Å². The van der Waals surface area contributed by atoms with E-state index < -0.39 is 35.6 Å². The number of aryl methyl sites for hydroxylation is 2. The van der Waals surface area contributed by atoms with Gasteiger partial charge in [-0.2, -0.15) is 0 Å². The van der Waals surface area contributed by atoms with Crippen molar-refractivity contribution in [3.8, 4) is 0 Å². The number of anilines is 1. The van der Waals surface area contributed by atoms with Crippen LogP contribution in [0.5, 0.6) is 0 Å². The Labute approximate surface area is 310 Å². The number of fused-ring (bicyclic) bond motifs is 2. The number of benzene rings is 2. The van der Waals surface area contributed by atoms with Gasteiger partial charge in [-0.05, 0) is 95.0 Å². The van der Waals surface area contributed by atoms with E-state index in [0.717, 1.165) is 59.5 Å². The normalized spacial score (nSPS) is 14.7. The van der Waals surface area contributed by atoms with Crippen LogP contribution in [0.15, 0.2) is 59.5 Å². The van der Waals surface area contributed by atoms with Crippen LogP contribution >= 0.6 is 0 Å². The monoisotopic (exact) mass is 726 g/mol. The molecule has 1 fully saturated rings. The van der Waals surface area contributed by atoms with Gasteiger partial charge in [0.05, 0.1) is 5.52 Å². The smallest absolute Gasteiger partial charge is 0.407 e. The van der Waals surface area contributed by atoms with Gasteiger partial charge in [-0.1, -0.05) is 56.4 Å². The number of aromatic amines is 2. The van der Waals surface area contributed by atoms with Crippen molar-refractivity contribution in [2.45, 2.75) is 116 Å². The van der Waals surface area contributed by atoms with Crippen LogP contribution in [-0.4, -0.2) is 58.0 Å². The summed E-state index contributed by atoms with van der Waals surface area (Å²) in [5.74, 6) is -0.750. The van der Waals surface area contributed by atoms with Crippen LogP contribution < -0.4 is 26.8 Å². The first-order chi connectivity index (χ1) is 25.3. The molecule has 284 valence electrons. The number of hydrogen-bond acceptors (Lipinski definition) is 6. The van der Waals surface area contributed by atoms with Crippen molar-refractivity contribution in [2.24, 2.45) is 5.92 Å². The summed E-state index contributed by atoms with van der Waals surface area (Å²) in [6.07, 6.45) is 9.32. The van der Waals surface area contributed by atoms with Gasteiger partial charge in [0.1, 0.15) is 17.7 Å². The molecule has 12 nitrogen and oxygen atoms in total. The predicted molar refractivity (Wildman–Crippen MR) is 208 cm³/mol. The second-order valence-corrected chi connectivity index (χ2v) is 15.3. The number of para-hydroxylation sites is 1. The number of H-pyrrole nitrogens is 2. The molecule has 4 aromatic rings. The zero-order valence-electron chi connectivity index (χ0n) is 31.4. The Morgan fingerprint density at radius 2 is 1.66 bits per heavy atom. The van der Waals surface area contributed by atoms with Gasteiger partial charge in [0.2, 0.25) is 23.3 Å². The number of nitrogens with one attached hydrogen (secondary N) is 6. The van der Waals surface area contributed by atoms with Gasteiger partial charge in [0.25, 0.3) is 0 Å². The number of carbonyl (C=O) groups is 4. The molecular weight excluding hydrogens is 672 g/mol. The van der Waals surface area contributed by atoms with Crippen molar-refractivity contribution in [2.75, 3.05) is 11.9 Å². The van der Waals surface area contributed by atoms with E-state index in [1.807, 2.05) is 43.5 Å². The van der Waals surface area contributed by atoms with Gasteiger partial charge in [-0.3, -0.25) is 19.2 Å². The molecule has 0 aliphatic heterocycles. The maximum absolute atomic E-state index is 14.1. The molecular formula is C41H54N6O6. The van der Waals surface area contributed by atoms with E-state index in [4.69, 9.17) is 4.74 Å². The Morgan fingerprint density at radius 1 is 0.887 bits per heavy atom. The molecule has 53 heavy (non-hydrogen) atoms. The molecule has 1 saturated carbocycles. The van der Waals surface area contributed by atoms with Gasteiger partial charge < -0.3 is 36.0 Å². The molecule has 0 saturated heterocycles. The van der Waals surface area contributed by atoms with Crippen molar-refractivity contribution in [3.63, 3.8) is 0 Å². The SMILES string of the molecule is Cc1cc(=O)[nH]c2cc(NC(=O)C(CCCCNC(=O)OC(C)(C)C)NC(=O)C(CC3CCCCC3)NC(=O)CCc3c[nH]c4ccccc34)ccc12. The van der Waals surface area contributed by atoms with Crippen LogP contribution in [0.1, 0.15) is 96.1 Å². The maximum atomic E-state index is 14.1. The Kier molecular flexibility index (Phi) is 13.3. The van der Waals surface area contributed by atoms with Crippen LogP contribution in [0.3, 0.4) is 0 Å². The maximum Gasteiger partial charge on any atom is 0.407 e. The number of rotatable bonds is 15. The molecule has 2 atom stereocenters. The largest absolute Gasteiger partial charge is 0.444 e. The Bertz CT molecular complexity index is 1950. The molecule has 1 aliphatic carbocycles. The van der Waals surface area contributed by atoms with Gasteiger partial charge >= 0.3 is 6.09 Å². The molecule has 2 aromatic heterocycles. The quantitative estimate of drug-likeness (QED) is 0.0761. The number of amides is 4. The summed E-state index contributed by atoms with van der Waals surface area (Å²) < 4.78 is 5.32. The highest BCUT2D eigenvalue weighted by molar-refractivity contribution is 5.99. The van der Waals surface area contributed by atoms with E-state index in [0.29, 0.717) is 55.8 Å². The third-order valence-electron chi connectivity index (χ3n) is 9.78. The topological polar surface area (TPSA) is 174 Å². The lowest BCUT2D eigenvalue weighted by atomic mass is 9.84. The molecule has 0 bridgehead atoms. The first kappa shape index (κ1) is 39.1. The van der Waals surface area contributed by atoms with Gasteiger partial charge in [-0.15, -0.1) is 0 Å². The Morgan fingerprint density at radius 3 is 2.43 bits per heavy atom. The van der Waals surface area contributed by atoms with Crippen molar-refractivity contribution >= 4 is 51.3 Å². The molecule has 12 heteroatoms. The second-order valence-electron chi connectivity index (χ2n) is 15.3. The number of hydrogen-bond donors (Lipinski definition) is 6. The minimum Gasteiger partial charge on any atom is -0.444 e. The number of alkyl carbamates (subject to hydrolysis) is 1. The summed E-state index contributed by atoms with van der Waals surface area (Å²) in [5, 5.41) is 13.6. The summed E-state index contributed by atoms with van der Waals surface area (Å²) in [4.78, 5) is 71.6. The Hall–Kier alpha value is -5.13. The molecule has 0 spiro atoms. The highest BCUT2D eigenvalue weighted by Crippen LogP contribution is 2.28. The summed E-state index contributed by atoms with van der Waals surface area (Å²) in [6.45, 7) is 7.57. The van der Waals surface area contributed by atoms with Crippen LogP contribution in [0.4, 0.5) is 10.5 Å². The zero-order valence-corrected chi connectivity index (χ0v) is 31.4. The summed E-state index contributed by atoms with van der Waals surface area (Å²) in [6, 6.07) is 13.0. The molecule has 6 N–H and O–H groups in total. The average molecular weight is 727 g/mol. The fourth-order valence-electron chi connectivity index (χ4n) is 7.10. The van der Waals surface area contributed by atoms with Crippen LogP contribution in [0.25, 0.3) is 21.8 Å². The molecule has 1 aliphatic rings. The van der Waals surface area contributed by atoms with E-state index in [1.165, 1.54) is 6.07 Å². The molecule has 0 radical (unpaired) electrons. The van der Waals surface area contributed by atoms with Gasteiger partial charge in [0, 0.05) is 47.2 Å². The highest BCUT2D eigenvalue weighted by atomic mass is 16.6. The zero-order chi connectivity index (χ0) is 38.0. The number of aromatic nitrogens is 2. The van der Waals surface area contributed by atoms with E-state index in [9.17, 15) is 24.0 Å². The molecule has 5 rings (SSSR count). The van der Waals surface area contributed by atoms with Crippen molar-refractivity contribution in [1.82, 2.24) is 25.9 Å². The Balaban J connectivity index is 1.28. The van der Waals surface area contributed by atoms with Gasteiger partial charge in [-0.25, -0.2) is 4.79 Å². The summed E-state index contributed by atoms with van der Waals surface area (Å²) in [7, 11) is 0. The molecule has 4 amide bonds. The fourth-order valence-corrected chi connectivity index (χ4v) is 7.10. The van der Waals surface area contributed by atoms with Crippen LogP contribution in [0, 0.1) is 12.8 Å². The standard InChI is InChI=1S/C41H54N6O6/c1-26-22-37(49)45-34-24-29(18-19-30(26)34)44-38(50)33(16-10-11-21-42-40(52)53-41(2,3)4)47-39(51)35(23-27-12-6-5-7-13-27)46-36(48)20-17-28-25-43-32-15-9-8-14-31(28)32/h8-9,14-15,18-19,22,24-25,27,33,35,43H,5-7,10-13,16-17,20-21,23H2,1-4H3,(H,42,52)(H,44,50)(H,45,49)(H,46,48)(H,47,51). The number of ether oxygens (including phenoxy) is 1. The van der Waals surface area contributed by atoms with E-state index in [2.05, 4.69) is 31.2 Å². The minimum absolute atomic E-state index is 0.217. The fraction of sp³-hybridized carbons (Fsp3) is 0.488. The van der Waals surface area contributed by atoms with Crippen LogP contribution in [0.2, 0.25) is 0 Å².